The van der Waals surface area contributed by atoms with Crippen LogP contribution in [0.5, 0.6) is 11.5 Å². The second-order valence-corrected chi connectivity index (χ2v) is 7.63. The molecule has 148 valence electrons. The van der Waals surface area contributed by atoms with Crippen molar-refractivity contribution >= 4 is 33.2 Å². The number of hydrogen-bond donors (Lipinski definition) is 1. The number of thiophene rings is 1. The van der Waals surface area contributed by atoms with Crippen molar-refractivity contribution in [3.05, 3.63) is 51.4 Å². The third-order valence-corrected chi connectivity index (χ3v) is 5.79. The summed E-state index contributed by atoms with van der Waals surface area (Å²) in [6.45, 7) is 0.625. The molecule has 0 unspecified atom stereocenters. The molecule has 0 fully saturated rings. The van der Waals surface area contributed by atoms with Crippen LogP contribution >= 0.6 is 11.3 Å². The third-order valence-electron chi connectivity index (χ3n) is 4.90. The Morgan fingerprint density at radius 2 is 2.10 bits per heavy atom. The van der Waals surface area contributed by atoms with Gasteiger partial charge in [-0.15, -0.1) is 21.5 Å². The molecule has 9 nitrogen and oxygen atoms in total. The standard InChI is InChI=1S/C19H17N5O4S/c1-23-18(26)17-12(6-7-29-17)24-15(21-22-19(23)24)4-5-16(25)20-9-11-2-3-13-14(8-11)28-10-27-13/h2-3,6-8H,4-5,9-10H2,1H3,(H,20,25). The van der Waals surface area contributed by atoms with E-state index in [4.69, 9.17) is 9.47 Å². The maximum Gasteiger partial charge on any atom is 0.272 e. The van der Waals surface area contributed by atoms with Crippen LogP contribution in [0.1, 0.15) is 17.8 Å². The van der Waals surface area contributed by atoms with Crippen LogP contribution < -0.4 is 20.3 Å². The van der Waals surface area contributed by atoms with Gasteiger partial charge in [0.2, 0.25) is 18.5 Å². The number of ether oxygens (including phenoxy) is 2. The zero-order valence-corrected chi connectivity index (χ0v) is 16.4. The van der Waals surface area contributed by atoms with Crippen molar-refractivity contribution in [3.63, 3.8) is 0 Å². The first-order chi connectivity index (χ1) is 14.1. The van der Waals surface area contributed by atoms with E-state index in [0.29, 0.717) is 40.8 Å². The number of rotatable bonds is 5. The Hall–Kier alpha value is -3.40. The Labute approximate surface area is 168 Å². The Bertz CT molecular complexity index is 1310. The number of amides is 1. The lowest BCUT2D eigenvalue weighted by molar-refractivity contribution is -0.121. The van der Waals surface area contributed by atoms with E-state index in [1.807, 2.05) is 34.0 Å². The number of carbonyl (C=O) groups excluding carboxylic acids is 1. The molecule has 1 N–H and O–H groups in total. The van der Waals surface area contributed by atoms with Gasteiger partial charge < -0.3 is 14.8 Å². The van der Waals surface area contributed by atoms with Gasteiger partial charge in [-0.25, -0.2) is 0 Å². The summed E-state index contributed by atoms with van der Waals surface area (Å²) in [5.74, 6) is 2.43. The molecule has 4 aromatic rings. The van der Waals surface area contributed by atoms with Gasteiger partial charge >= 0.3 is 0 Å². The highest BCUT2D eigenvalue weighted by molar-refractivity contribution is 7.17. The number of benzene rings is 1. The van der Waals surface area contributed by atoms with E-state index in [-0.39, 0.29) is 24.7 Å². The SMILES string of the molecule is Cn1c(=O)c2sccc2n2c(CCC(=O)NCc3ccc4c(c3)OCO4)nnc12. The fourth-order valence-electron chi connectivity index (χ4n) is 3.38. The number of nitrogens with zero attached hydrogens (tertiary/aromatic N) is 4. The highest BCUT2D eigenvalue weighted by atomic mass is 32.1. The Kier molecular flexibility index (Phi) is 4.20. The van der Waals surface area contributed by atoms with Crippen molar-refractivity contribution in [1.29, 1.82) is 0 Å². The molecular formula is C19H17N5O4S. The fraction of sp³-hybridized carbons (Fsp3) is 0.263. The molecular weight excluding hydrogens is 394 g/mol. The van der Waals surface area contributed by atoms with Gasteiger partial charge in [-0.05, 0) is 29.1 Å². The molecule has 3 aromatic heterocycles. The van der Waals surface area contributed by atoms with Crippen LogP contribution in [0.4, 0.5) is 0 Å². The van der Waals surface area contributed by atoms with Crippen LogP contribution in [0.2, 0.25) is 0 Å². The summed E-state index contributed by atoms with van der Waals surface area (Å²) < 4.78 is 14.6. The number of carbonyl (C=O) groups is 1. The normalized spacial score (nSPS) is 12.7. The van der Waals surface area contributed by atoms with Gasteiger partial charge in [-0.1, -0.05) is 6.07 Å². The maximum absolute atomic E-state index is 12.4. The van der Waals surface area contributed by atoms with Crippen LogP contribution in [0, 0.1) is 0 Å². The van der Waals surface area contributed by atoms with Crippen molar-refractivity contribution in [2.24, 2.45) is 7.05 Å². The summed E-state index contributed by atoms with van der Waals surface area (Å²) in [6.07, 6.45) is 0.678. The van der Waals surface area contributed by atoms with Crippen molar-refractivity contribution in [2.45, 2.75) is 19.4 Å². The van der Waals surface area contributed by atoms with E-state index < -0.39 is 0 Å². The van der Waals surface area contributed by atoms with Gasteiger partial charge in [0.25, 0.3) is 5.56 Å². The number of aryl methyl sites for hydroxylation is 2. The van der Waals surface area contributed by atoms with Gasteiger partial charge in [-0.3, -0.25) is 18.6 Å². The highest BCUT2D eigenvalue weighted by Crippen LogP contribution is 2.32. The quantitative estimate of drug-likeness (QED) is 0.536. The lowest BCUT2D eigenvalue weighted by Crippen LogP contribution is -2.23. The molecule has 0 aliphatic carbocycles. The summed E-state index contributed by atoms with van der Waals surface area (Å²) >= 11 is 1.39. The Morgan fingerprint density at radius 3 is 3.00 bits per heavy atom. The number of hydrogen-bond acceptors (Lipinski definition) is 7. The number of nitrogens with one attached hydrogen (secondary N) is 1. The number of fused-ring (bicyclic) bond motifs is 4. The van der Waals surface area contributed by atoms with Crippen LogP contribution in [0.15, 0.2) is 34.4 Å². The summed E-state index contributed by atoms with van der Waals surface area (Å²) in [7, 11) is 1.67. The van der Waals surface area contributed by atoms with Crippen LogP contribution in [0.3, 0.4) is 0 Å². The first-order valence-corrected chi connectivity index (χ1v) is 9.95. The molecule has 0 spiro atoms. The predicted octanol–water partition coefficient (Wildman–Crippen LogP) is 1.62. The van der Waals surface area contributed by atoms with Crippen molar-refractivity contribution in [2.75, 3.05) is 6.79 Å². The zero-order valence-electron chi connectivity index (χ0n) is 15.5. The molecule has 1 amide bonds. The molecule has 0 radical (unpaired) electrons. The summed E-state index contributed by atoms with van der Waals surface area (Å²) in [6, 6.07) is 7.47. The molecule has 0 saturated heterocycles. The van der Waals surface area contributed by atoms with Crippen molar-refractivity contribution in [3.8, 4) is 11.5 Å². The molecule has 10 heteroatoms. The monoisotopic (exact) mass is 411 g/mol. The third kappa shape index (κ3) is 3.01. The molecule has 1 aromatic carbocycles. The molecule has 0 atom stereocenters. The summed E-state index contributed by atoms with van der Waals surface area (Å²) in [5, 5.41) is 13.1. The first-order valence-electron chi connectivity index (χ1n) is 9.07. The Balaban J connectivity index is 1.29. The average Bonchev–Trinajstić information content (AvgIpc) is 3.47. The second kappa shape index (κ2) is 6.89. The second-order valence-electron chi connectivity index (χ2n) is 6.72. The minimum absolute atomic E-state index is 0.0919. The maximum atomic E-state index is 12.4. The van der Waals surface area contributed by atoms with Crippen LogP contribution in [-0.4, -0.2) is 31.9 Å². The molecule has 1 aliphatic heterocycles. The highest BCUT2D eigenvalue weighted by Gasteiger charge is 2.17. The largest absolute Gasteiger partial charge is 0.454 e. The van der Waals surface area contributed by atoms with Gasteiger partial charge in [-0.2, -0.15) is 0 Å². The first kappa shape index (κ1) is 17.7. The summed E-state index contributed by atoms with van der Waals surface area (Å²) in [5.41, 5.74) is 1.61. The van der Waals surface area contributed by atoms with Gasteiger partial charge in [0.05, 0.1) is 5.52 Å². The molecule has 1 aliphatic rings. The molecule has 29 heavy (non-hydrogen) atoms. The van der Waals surface area contributed by atoms with E-state index >= 15 is 0 Å². The summed E-state index contributed by atoms with van der Waals surface area (Å²) in [4.78, 5) is 24.7. The lowest BCUT2D eigenvalue weighted by Gasteiger charge is -2.07. The van der Waals surface area contributed by atoms with E-state index in [9.17, 15) is 9.59 Å². The Morgan fingerprint density at radius 1 is 1.24 bits per heavy atom. The van der Waals surface area contributed by atoms with Crippen molar-refractivity contribution < 1.29 is 14.3 Å². The van der Waals surface area contributed by atoms with Gasteiger partial charge in [0.1, 0.15) is 10.5 Å². The smallest absolute Gasteiger partial charge is 0.272 e. The topological polar surface area (TPSA) is 99.8 Å². The molecule has 4 heterocycles. The minimum Gasteiger partial charge on any atom is -0.454 e. The van der Waals surface area contributed by atoms with E-state index in [1.165, 1.54) is 15.9 Å². The lowest BCUT2D eigenvalue weighted by atomic mass is 10.2. The van der Waals surface area contributed by atoms with E-state index in [2.05, 4.69) is 15.5 Å². The van der Waals surface area contributed by atoms with Crippen LogP contribution in [0.25, 0.3) is 16.0 Å². The zero-order chi connectivity index (χ0) is 20.0. The molecule has 5 rings (SSSR count). The van der Waals surface area contributed by atoms with E-state index in [0.717, 1.165) is 11.1 Å². The van der Waals surface area contributed by atoms with Crippen molar-refractivity contribution in [1.82, 2.24) is 24.5 Å². The number of aromatic nitrogens is 4. The van der Waals surface area contributed by atoms with Gasteiger partial charge in [0.15, 0.2) is 11.5 Å². The van der Waals surface area contributed by atoms with Crippen LogP contribution in [-0.2, 0) is 24.8 Å². The molecule has 0 saturated carbocycles. The minimum atomic E-state index is -0.0945. The molecule has 0 bridgehead atoms. The van der Waals surface area contributed by atoms with Gasteiger partial charge in [0, 0.05) is 26.4 Å². The predicted molar refractivity (Wildman–Crippen MR) is 106 cm³/mol. The van der Waals surface area contributed by atoms with E-state index in [1.54, 1.807) is 7.05 Å². The fourth-order valence-corrected chi connectivity index (χ4v) is 4.23. The average molecular weight is 411 g/mol.